The van der Waals surface area contributed by atoms with Crippen molar-refractivity contribution in [2.24, 2.45) is 0 Å². The van der Waals surface area contributed by atoms with Crippen LogP contribution >= 0.6 is 11.6 Å². The number of H-pyrrole nitrogens is 1. The van der Waals surface area contributed by atoms with Crippen LogP contribution in [0, 0.1) is 13.8 Å². The Kier molecular flexibility index (Phi) is 6.85. The molecule has 0 unspecified atom stereocenters. The Hall–Kier alpha value is -2.80. The molecule has 8 heteroatoms. The molecule has 0 saturated heterocycles. The summed E-state index contributed by atoms with van der Waals surface area (Å²) in [6, 6.07) is 4.52. The van der Waals surface area contributed by atoms with Crippen LogP contribution in [0.25, 0.3) is 0 Å². The summed E-state index contributed by atoms with van der Waals surface area (Å²) in [5.74, 6) is -1.44. The van der Waals surface area contributed by atoms with Crippen LogP contribution in [0.3, 0.4) is 0 Å². The first-order chi connectivity index (χ1) is 13.2. The molecule has 7 nitrogen and oxygen atoms in total. The summed E-state index contributed by atoms with van der Waals surface area (Å²) in [5, 5.41) is 0.335. The molecule has 0 amide bonds. The van der Waals surface area contributed by atoms with Gasteiger partial charge in [-0.15, -0.1) is 0 Å². The Morgan fingerprint density at radius 2 is 1.86 bits per heavy atom. The molecule has 150 valence electrons. The SMILES string of the molecule is CCOC(=O)c1c(C)[nH]c(C(=O)[C@@H](C)OC(=O)c2cc(Cl)ccc2OC)c1C. The van der Waals surface area contributed by atoms with Crippen LogP contribution in [0.4, 0.5) is 0 Å². The van der Waals surface area contributed by atoms with E-state index in [9.17, 15) is 14.4 Å². The molecule has 0 spiro atoms. The predicted molar refractivity (Wildman–Crippen MR) is 103 cm³/mol. The Morgan fingerprint density at radius 3 is 2.46 bits per heavy atom. The van der Waals surface area contributed by atoms with E-state index in [4.69, 9.17) is 25.8 Å². The highest BCUT2D eigenvalue weighted by Crippen LogP contribution is 2.25. The molecule has 1 aromatic carbocycles. The van der Waals surface area contributed by atoms with Crippen molar-refractivity contribution in [2.75, 3.05) is 13.7 Å². The van der Waals surface area contributed by atoms with Crippen LogP contribution < -0.4 is 4.74 Å². The number of ketones is 1. The zero-order valence-corrected chi connectivity index (χ0v) is 17.1. The van der Waals surface area contributed by atoms with Crippen molar-refractivity contribution in [3.63, 3.8) is 0 Å². The smallest absolute Gasteiger partial charge is 0.342 e. The molecule has 1 aromatic heterocycles. The number of aromatic amines is 1. The lowest BCUT2D eigenvalue weighted by Crippen LogP contribution is -2.25. The molecule has 2 aromatic rings. The van der Waals surface area contributed by atoms with Gasteiger partial charge in [0.1, 0.15) is 11.3 Å². The van der Waals surface area contributed by atoms with Crippen molar-refractivity contribution in [1.29, 1.82) is 0 Å². The molecule has 1 heterocycles. The molecule has 0 aliphatic rings. The van der Waals surface area contributed by atoms with E-state index in [-0.39, 0.29) is 23.6 Å². The number of aromatic nitrogens is 1. The maximum atomic E-state index is 12.8. The number of methoxy groups -OCH3 is 1. The third-order valence-corrected chi connectivity index (χ3v) is 4.43. The average Bonchev–Trinajstić information content (AvgIpc) is 2.95. The van der Waals surface area contributed by atoms with Gasteiger partial charge < -0.3 is 19.2 Å². The summed E-state index contributed by atoms with van der Waals surface area (Å²) in [7, 11) is 1.41. The zero-order valence-electron chi connectivity index (χ0n) is 16.3. The lowest BCUT2D eigenvalue weighted by atomic mass is 10.1. The first-order valence-corrected chi connectivity index (χ1v) is 9.04. The van der Waals surface area contributed by atoms with E-state index in [1.54, 1.807) is 26.8 Å². The van der Waals surface area contributed by atoms with Gasteiger partial charge in [0.15, 0.2) is 6.10 Å². The van der Waals surface area contributed by atoms with Crippen LogP contribution in [0.1, 0.15) is 56.3 Å². The van der Waals surface area contributed by atoms with E-state index < -0.39 is 23.8 Å². The summed E-state index contributed by atoms with van der Waals surface area (Å²) in [6.45, 7) is 6.69. The standard InChI is InChI=1S/C20H22ClNO6/c1-6-27-20(25)16-10(2)17(22-11(16)3)18(23)12(4)28-19(24)14-9-13(21)7-8-15(14)26-5/h7-9,12,22H,6H2,1-5H3/t12-/m1/s1. The highest BCUT2D eigenvalue weighted by atomic mass is 35.5. The van der Waals surface area contributed by atoms with Crippen LogP contribution in [0.15, 0.2) is 18.2 Å². The number of halogens is 1. The summed E-state index contributed by atoms with van der Waals surface area (Å²) >= 11 is 5.93. The number of benzene rings is 1. The number of aryl methyl sites for hydroxylation is 1. The summed E-state index contributed by atoms with van der Waals surface area (Å²) in [5.41, 5.74) is 1.57. The van der Waals surface area contributed by atoms with Gasteiger partial charge >= 0.3 is 11.9 Å². The van der Waals surface area contributed by atoms with Crippen LogP contribution in [0.2, 0.25) is 5.02 Å². The lowest BCUT2D eigenvalue weighted by molar-refractivity contribution is 0.0313. The zero-order chi connectivity index (χ0) is 21.0. The maximum absolute atomic E-state index is 12.8. The predicted octanol–water partition coefficient (Wildman–Crippen LogP) is 3.90. The van der Waals surface area contributed by atoms with Gasteiger partial charge in [0, 0.05) is 10.7 Å². The van der Waals surface area contributed by atoms with E-state index >= 15 is 0 Å². The van der Waals surface area contributed by atoms with Crippen LogP contribution in [0.5, 0.6) is 5.75 Å². The van der Waals surface area contributed by atoms with Crippen LogP contribution in [-0.4, -0.2) is 42.5 Å². The number of rotatable bonds is 7. The average molecular weight is 408 g/mol. The second-order valence-corrected chi connectivity index (χ2v) is 6.54. The largest absolute Gasteiger partial charge is 0.496 e. The number of hydrogen-bond acceptors (Lipinski definition) is 6. The first kappa shape index (κ1) is 21.5. The normalized spacial score (nSPS) is 11.6. The van der Waals surface area contributed by atoms with Gasteiger partial charge in [-0.3, -0.25) is 4.79 Å². The van der Waals surface area contributed by atoms with Gasteiger partial charge in [0.25, 0.3) is 0 Å². The molecule has 0 bridgehead atoms. The van der Waals surface area contributed by atoms with Crippen molar-refractivity contribution in [3.05, 3.63) is 51.3 Å². The number of Topliss-reactive ketones (excluding diaryl/α,β-unsaturated/α-hetero) is 1. The Bertz CT molecular complexity index is 918. The van der Waals surface area contributed by atoms with E-state index in [0.29, 0.717) is 21.8 Å². The third kappa shape index (κ3) is 4.36. The van der Waals surface area contributed by atoms with Gasteiger partial charge in [-0.25, -0.2) is 9.59 Å². The monoisotopic (exact) mass is 407 g/mol. The summed E-state index contributed by atoms with van der Waals surface area (Å²) < 4.78 is 15.5. The fourth-order valence-electron chi connectivity index (χ4n) is 2.83. The highest BCUT2D eigenvalue weighted by molar-refractivity contribution is 6.31. The molecular formula is C20H22ClNO6. The van der Waals surface area contributed by atoms with Gasteiger partial charge in [0.05, 0.1) is 25.0 Å². The second-order valence-electron chi connectivity index (χ2n) is 6.10. The maximum Gasteiger partial charge on any atom is 0.342 e. The molecule has 0 radical (unpaired) electrons. The van der Waals surface area contributed by atoms with E-state index in [1.165, 1.54) is 26.2 Å². The van der Waals surface area contributed by atoms with Crippen molar-refractivity contribution in [2.45, 2.75) is 33.8 Å². The summed E-state index contributed by atoms with van der Waals surface area (Å²) in [4.78, 5) is 40.2. The number of esters is 2. The van der Waals surface area contributed by atoms with Crippen molar-refractivity contribution in [1.82, 2.24) is 4.98 Å². The molecular weight excluding hydrogens is 386 g/mol. The van der Waals surface area contributed by atoms with Gasteiger partial charge in [-0.1, -0.05) is 11.6 Å². The van der Waals surface area contributed by atoms with E-state index in [2.05, 4.69) is 4.98 Å². The lowest BCUT2D eigenvalue weighted by Gasteiger charge is -2.14. The Labute approximate surface area is 167 Å². The second kappa shape index (κ2) is 8.93. The molecule has 1 N–H and O–H groups in total. The fourth-order valence-corrected chi connectivity index (χ4v) is 3.00. The third-order valence-electron chi connectivity index (χ3n) is 4.20. The molecule has 2 rings (SSSR count). The minimum absolute atomic E-state index is 0.112. The number of hydrogen-bond donors (Lipinski definition) is 1. The minimum atomic E-state index is -1.09. The minimum Gasteiger partial charge on any atom is -0.496 e. The molecule has 1 atom stereocenters. The molecule has 0 aliphatic carbocycles. The molecule has 0 fully saturated rings. The van der Waals surface area contributed by atoms with E-state index in [1.807, 2.05) is 0 Å². The van der Waals surface area contributed by atoms with Crippen molar-refractivity contribution >= 4 is 29.3 Å². The Morgan fingerprint density at radius 1 is 1.18 bits per heavy atom. The number of carbonyl (C=O) groups excluding carboxylic acids is 3. The van der Waals surface area contributed by atoms with Gasteiger partial charge in [0.2, 0.25) is 5.78 Å². The van der Waals surface area contributed by atoms with E-state index in [0.717, 1.165) is 0 Å². The molecule has 0 aliphatic heterocycles. The van der Waals surface area contributed by atoms with Gasteiger partial charge in [-0.05, 0) is 51.5 Å². The van der Waals surface area contributed by atoms with Crippen molar-refractivity contribution < 1.29 is 28.6 Å². The van der Waals surface area contributed by atoms with Gasteiger partial charge in [-0.2, -0.15) is 0 Å². The van der Waals surface area contributed by atoms with Crippen LogP contribution in [-0.2, 0) is 9.47 Å². The molecule has 0 saturated carbocycles. The highest BCUT2D eigenvalue weighted by Gasteiger charge is 2.28. The summed E-state index contributed by atoms with van der Waals surface area (Å²) in [6.07, 6.45) is -1.09. The number of ether oxygens (including phenoxy) is 3. The molecule has 28 heavy (non-hydrogen) atoms. The van der Waals surface area contributed by atoms with Crippen molar-refractivity contribution in [3.8, 4) is 5.75 Å². The quantitative estimate of drug-likeness (QED) is 0.552. The number of nitrogens with one attached hydrogen (secondary N) is 1. The fraction of sp³-hybridized carbons (Fsp3) is 0.350. The first-order valence-electron chi connectivity index (χ1n) is 8.66. The number of carbonyl (C=O) groups is 3. The topological polar surface area (TPSA) is 94.7 Å². The Balaban J connectivity index is 2.24.